The summed E-state index contributed by atoms with van der Waals surface area (Å²) in [4.78, 5) is 4.84. The molecule has 102 valence electrons. The molecule has 4 rings (SSSR count). The van der Waals surface area contributed by atoms with Crippen LogP contribution in [-0.2, 0) is 0 Å². The van der Waals surface area contributed by atoms with Crippen LogP contribution in [0.3, 0.4) is 0 Å². The monoisotopic (exact) mass is 271 g/mol. The number of hydrogen-bond acceptors (Lipinski definition) is 1. The molecule has 1 heteroatoms. The van der Waals surface area contributed by atoms with Crippen LogP contribution < -0.4 is 0 Å². The molecule has 0 aliphatic heterocycles. The summed E-state index contributed by atoms with van der Waals surface area (Å²) in [6, 6.07) is 19.1. The fourth-order valence-electron chi connectivity index (χ4n) is 3.16. The van der Waals surface area contributed by atoms with E-state index in [0.29, 0.717) is 5.92 Å². The highest BCUT2D eigenvalue weighted by molar-refractivity contribution is 5.84. The Morgan fingerprint density at radius 1 is 0.952 bits per heavy atom. The molecule has 0 bridgehead atoms. The number of fused-ring (bicyclic) bond motifs is 2. The van der Waals surface area contributed by atoms with Gasteiger partial charge < -0.3 is 0 Å². The maximum absolute atomic E-state index is 4.84. The summed E-state index contributed by atoms with van der Waals surface area (Å²) in [5.41, 5.74) is 6.12. The SMILES string of the molecule is CC1CC=Cc2c(-c3ccc4ccccc4n3)cccc21. The van der Waals surface area contributed by atoms with Crippen LogP contribution in [-0.4, -0.2) is 4.98 Å². The fourth-order valence-corrected chi connectivity index (χ4v) is 3.16. The Morgan fingerprint density at radius 3 is 2.81 bits per heavy atom. The normalized spacial score (nSPS) is 16.9. The number of rotatable bonds is 1. The zero-order valence-corrected chi connectivity index (χ0v) is 12.1. The van der Waals surface area contributed by atoms with Gasteiger partial charge in [-0.05, 0) is 35.6 Å². The number of hydrogen-bond donors (Lipinski definition) is 0. The van der Waals surface area contributed by atoms with Gasteiger partial charge in [-0.25, -0.2) is 4.98 Å². The first-order valence-electron chi connectivity index (χ1n) is 7.48. The molecule has 1 heterocycles. The van der Waals surface area contributed by atoms with Crippen molar-refractivity contribution in [3.8, 4) is 11.3 Å². The summed E-state index contributed by atoms with van der Waals surface area (Å²) in [7, 11) is 0. The molecule has 1 aliphatic rings. The number of nitrogens with zero attached hydrogens (tertiary/aromatic N) is 1. The first-order chi connectivity index (χ1) is 10.3. The number of pyridine rings is 1. The van der Waals surface area contributed by atoms with Crippen molar-refractivity contribution in [2.45, 2.75) is 19.3 Å². The molecule has 0 N–H and O–H groups in total. The molecular formula is C20H17N. The Hall–Kier alpha value is -2.41. The van der Waals surface area contributed by atoms with Crippen molar-refractivity contribution in [3.63, 3.8) is 0 Å². The minimum atomic E-state index is 0.588. The predicted octanol–water partition coefficient (Wildman–Crippen LogP) is 5.42. The third-order valence-electron chi connectivity index (χ3n) is 4.32. The van der Waals surface area contributed by atoms with Crippen molar-refractivity contribution in [2.24, 2.45) is 0 Å². The third kappa shape index (κ3) is 2.06. The highest BCUT2D eigenvalue weighted by Crippen LogP contribution is 2.35. The highest BCUT2D eigenvalue weighted by atomic mass is 14.7. The minimum Gasteiger partial charge on any atom is -0.248 e. The fraction of sp³-hybridized carbons (Fsp3) is 0.150. The van der Waals surface area contributed by atoms with Gasteiger partial charge in [-0.1, -0.05) is 61.5 Å². The largest absolute Gasteiger partial charge is 0.248 e. The maximum Gasteiger partial charge on any atom is 0.0715 e. The lowest BCUT2D eigenvalue weighted by atomic mass is 9.85. The van der Waals surface area contributed by atoms with Gasteiger partial charge in [0.1, 0.15) is 0 Å². The van der Waals surface area contributed by atoms with Crippen molar-refractivity contribution in [1.82, 2.24) is 4.98 Å². The molecule has 1 aromatic heterocycles. The second-order valence-electron chi connectivity index (χ2n) is 5.74. The second-order valence-corrected chi connectivity index (χ2v) is 5.74. The molecule has 2 aromatic carbocycles. The standard InChI is InChI=1S/C20H17N/c1-14-6-4-9-17-16(14)8-5-10-18(17)20-13-12-15-7-2-3-11-19(15)21-20/h2-5,7-14H,6H2,1H3. The number of allylic oxidation sites excluding steroid dienone is 1. The summed E-state index contributed by atoms with van der Waals surface area (Å²) >= 11 is 0. The summed E-state index contributed by atoms with van der Waals surface area (Å²) in [6.45, 7) is 2.29. The first kappa shape index (κ1) is 12.3. The topological polar surface area (TPSA) is 12.9 Å². The lowest BCUT2D eigenvalue weighted by Crippen LogP contribution is -2.01. The molecule has 1 nitrogen and oxygen atoms in total. The summed E-state index contributed by atoms with van der Waals surface area (Å²) in [6.07, 6.45) is 5.65. The molecule has 0 spiro atoms. The number of para-hydroxylation sites is 1. The summed E-state index contributed by atoms with van der Waals surface area (Å²) < 4.78 is 0. The van der Waals surface area contributed by atoms with E-state index < -0.39 is 0 Å². The van der Waals surface area contributed by atoms with Gasteiger partial charge in [0.15, 0.2) is 0 Å². The van der Waals surface area contributed by atoms with Crippen LogP contribution in [0.5, 0.6) is 0 Å². The minimum absolute atomic E-state index is 0.588. The molecule has 0 amide bonds. The lowest BCUT2D eigenvalue weighted by Gasteiger charge is -2.20. The Bertz CT molecular complexity index is 845. The molecule has 1 atom stereocenters. The average molecular weight is 271 g/mol. The number of aromatic nitrogens is 1. The van der Waals surface area contributed by atoms with Crippen LogP contribution in [0.1, 0.15) is 30.4 Å². The smallest absolute Gasteiger partial charge is 0.0715 e. The van der Waals surface area contributed by atoms with Crippen LogP contribution in [0.15, 0.2) is 60.7 Å². The van der Waals surface area contributed by atoms with E-state index in [2.05, 4.69) is 67.6 Å². The van der Waals surface area contributed by atoms with Crippen molar-refractivity contribution in [3.05, 3.63) is 71.8 Å². The first-order valence-corrected chi connectivity index (χ1v) is 7.48. The van der Waals surface area contributed by atoms with E-state index >= 15 is 0 Å². The summed E-state index contributed by atoms with van der Waals surface area (Å²) in [5.74, 6) is 0.588. The van der Waals surface area contributed by atoms with Crippen molar-refractivity contribution in [1.29, 1.82) is 0 Å². The average Bonchev–Trinajstić information content (AvgIpc) is 2.54. The van der Waals surface area contributed by atoms with Gasteiger partial charge in [0.05, 0.1) is 11.2 Å². The van der Waals surface area contributed by atoms with E-state index in [9.17, 15) is 0 Å². The summed E-state index contributed by atoms with van der Waals surface area (Å²) in [5, 5.41) is 1.19. The van der Waals surface area contributed by atoms with Crippen LogP contribution in [0.25, 0.3) is 28.2 Å². The van der Waals surface area contributed by atoms with Crippen molar-refractivity contribution < 1.29 is 0 Å². The zero-order chi connectivity index (χ0) is 14.2. The molecule has 1 unspecified atom stereocenters. The highest BCUT2D eigenvalue weighted by Gasteiger charge is 2.16. The molecule has 1 aliphatic carbocycles. The van der Waals surface area contributed by atoms with E-state index in [1.165, 1.54) is 22.1 Å². The zero-order valence-electron chi connectivity index (χ0n) is 12.1. The van der Waals surface area contributed by atoms with E-state index in [1.807, 2.05) is 6.07 Å². The lowest BCUT2D eigenvalue weighted by molar-refractivity contribution is 0.772. The van der Waals surface area contributed by atoms with Crippen molar-refractivity contribution >= 4 is 17.0 Å². The molecular weight excluding hydrogens is 254 g/mol. The van der Waals surface area contributed by atoms with Crippen LogP contribution in [0.4, 0.5) is 0 Å². The van der Waals surface area contributed by atoms with Crippen LogP contribution in [0.2, 0.25) is 0 Å². The molecule has 0 saturated heterocycles. The van der Waals surface area contributed by atoms with Gasteiger partial charge in [-0.2, -0.15) is 0 Å². The third-order valence-corrected chi connectivity index (χ3v) is 4.32. The van der Waals surface area contributed by atoms with Gasteiger partial charge in [-0.15, -0.1) is 0 Å². The van der Waals surface area contributed by atoms with Gasteiger partial charge in [0, 0.05) is 10.9 Å². The Balaban J connectivity index is 1.93. The van der Waals surface area contributed by atoms with Crippen LogP contribution >= 0.6 is 0 Å². The van der Waals surface area contributed by atoms with Gasteiger partial charge >= 0.3 is 0 Å². The van der Waals surface area contributed by atoms with Gasteiger partial charge in [0.25, 0.3) is 0 Å². The molecule has 21 heavy (non-hydrogen) atoms. The van der Waals surface area contributed by atoms with E-state index in [1.54, 1.807) is 0 Å². The van der Waals surface area contributed by atoms with Gasteiger partial charge in [0.2, 0.25) is 0 Å². The van der Waals surface area contributed by atoms with E-state index in [0.717, 1.165) is 17.6 Å². The quantitative estimate of drug-likeness (QED) is 0.575. The molecule has 3 aromatic rings. The molecule has 0 radical (unpaired) electrons. The Labute approximate surface area is 125 Å². The van der Waals surface area contributed by atoms with Crippen LogP contribution in [0, 0.1) is 0 Å². The van der Waals surface area contributed by atoms with E-state index in [4.69, 9.17) is 4.98 Å². The van der Waals surface area contributed by atoms with Crippen molar-refractivity contribution in [2.75, 3.05) is 0 Å². The molecule has 0 saturated carbocycles. The Morgan fingerprint density at radius 2 is 1.86 bits per heavy atom. The van der Waals surface area contributed by atoms with E-state index in [-0.39, 0.29) is 0 Å². The number of benzene rings is 2. The molecule has 0 fully saturated rings. The predicted molar refractivity (Wildman–Crippen MR) is 89.2 cm³/mol. The van der Waals surface area contributed by atoms with Gasteiger partial charge in [-0.3, -0.25) is 0 Å². The Kier molecular flexibility index (Phi) is 2.85. The maximum atomic E-state index is 4.84. The second kappa shape index (κ2) is 4.85.